The number of nitrogens with zero attached hydrogens (tertiary/aromatic N) is 1. The van der Waals surface area contributed by atoms with Gasteiger partial charge in [-0.3, -0.25) is 9.59 Å². The molecule has 7 nitrogen and oxygen atoms in total. The zero-order valence-electron chi connectivity index (χ0n) is 21.2. The van der Waals surface area contributed by atoms with E-state index >= 15 is 0 Å². The van der Waals surface area contributed by atoms with Gasteiger partial charge in [0.25, 0.3) is 5.91 Å². The van der Waals surface area contributed by atoms with Crippen molar-refractivity contribution in [2.45, 2.75) is 67.7 Å². The molecule has 2 atom stereocenters. The Morgan fingerprint density at radius 3 is 2.33 bits per heavy atom. The lowest BCUT2D eigenvalue weighted by atomic mass is 9.99. The highest BCUT2D eigenvalue weighted by atomic mass is 32.2. The van der Waals surface area contributed by atoms with Gasteiger partial charge < -0.3 is 15.5 Å². The summed E-state index contributed by atoms with van der Waals surface area (Å²) in [4.78, 5) is 28.5. The fraction of sp³-hybridized carbons (Fsp3) is 0.481. The number of amides is 2. The Bertz CT molecular complexity index is 1400. The zero-order valence-corrected chi connectivity index (χ0v) is 22.0. The van der Waals surface area contributed by atoms with Crippen LogP contribution in [0.25, 0.3) is 0 Å². The molecule has 1 aliphatic heterocycles. The van der Waals surface area contributed by atoms with E-state index in [1.807, 2.05) is 0 Å². The number of sulfone groups is 1. The molecule has 2 aromatic carbocycles. The third kappa shape index (κ3) is 6.05. The highest BCUT2D eigenvalue weighted by Crippen LogP contribution is 2.43. The molecule has 3 aliphatic rings. The summed E-state index contributed by atoms with van der Waals surface area (Å²) in [5, 5.41) is 6.04. The highest BCUT2D eigenvalue weighted by Gasteiger charge is 2.41. The van der Waals surface area contributed by atoms with Crippen molar-refractivity contribution in [3.05, 3.63) is 58.9 Å². The third-order valence-electron chi connectivity index (χ3n) is 7.46. The average molecular weight is 568 g/mol. The molecule has 39 heavy (non-hydrogen) atoms. The molecular formula is C27H29F4N3O4S. The number of carbonyl (C=O) groups is 2. The maximum absolute atomic E-state index is 14.8. The van der Waals surface area contributed by atoms with E-state index in [0.717, 1.165) is 31.2 Å². The van der Waals surface area contributed by atoms with Gasteiger partial charge in [-0.05, 0) is 74.8 Å². The molecule has 12 heteroatoms. The molecule has 2 amide bonds. The number of anilines is 1. The van der Waals surface area contributed by atoms with Crippen LogP contribution in [0, 0.1) is 11.7 Å². The molecule has 0 unspecified atom stereocenters. The number of hydrogen-bond donors (Lipinski definition) is 2. The van der Waals surface area contributed by atoms with E-state index in [0.29, 0.717) is 37.4 Å². The molecule has 2 aliphatic carbocycles. The van der Waals surface area contributed by atoms with Gasteiger partial charge in [0, 0.05) is 30.1 Å². The van der Waals surface area contributed by atoms with Gasteiger partial charge in [-0.2, -0.15) is 13.2 Å². The van der Waals surface area contributed by atoms with Crippen LogP contribution in [-0.4, -0.2) is 50.0 Å². The van der Waals surface area contributed by atoms with Crippen molar-refractivity contribution < 1.29 is 35.6 Å². The van der Waals surface area contributed by atoms with Gasteiger partial charge in [-0.15, -0.1) is 0 Å². The molecule has 5 rings (SSSR count). The molecule has 1 saturated heterocycles. The van der Waals surface area contributed by atoms with Crippen molar-refractivity contribution in [2.24, 2.45) is 5.92 Å². The second-order valence-corrected chi connectivity index (χ2v) is 12.6. The van der Waals surface area contributed by atoms with Crippen molar-refractivity contribution in [3.63, 3.8) is 0 Å². The molecule has 0 spiro atoms. The van der Waals surface area contributed by atoms with E-state index in [9.17, 15) is 35.6 Å². The van der Waals surface area contributed by atoms with Crippen LogP contribution < -0.4 is 10.6 Å². The number of carbonyl (C=O) groups excluding carboxylic acids is 2. The van der Waals surface area contributed by atoms with E-state index in [4.69, 9.17) is 0 Å². The van der Waals surface area contributed by atoms with E-state index < -0.39 is 51.3 Å². The molecule has 0 bridgehead atoms. The topological polar surface area (TPSA) is 95.6 Å². The van der Waals surface area contributed by atoms with E-state index in [2.05, 4.69) is 10.6 Å². The van der Waals surface area contributed by atoms with Gasteiger partial charge in [0.2, 0.25) is 5.91 Å². The largest absolute Gasteiger partial charge is 0.416 e. The van der Waals surface area contributed by atoms with E-state index in [1.54, 1.807) is 6.07 Å². The lowest BCUT2D eigenvalue weighted by molar-refractivity contribution is -0.137. The van der Waals surface area contributed by atoms with Gasteiger partial charge in [0.15, 0.2) is 9.84 Å². The quantitative estimate of drug-likeness (QED) is 0.451. The van der Waals surface area contributed by atoms with Crippen LogP contribution in [0.1, 0.15) is 66.1 Å². The maximum Gasteiger partial charge on any atom is 0.416 e. The number of benzene rings is 2. The highest BCUT2D eigenvalue weighted by molar-refractivity contribution is 7.90. The van der Waals surface area contributed by atoms with Crippen LogP contribution in [0.5, 0.6) is 0 Å². The van der Waals surface area contributed by atoms with Crippen LogP contribution in [0.3, 0.4) is 0 Å². The predicted molar refractivity (Wildman–Crippen MR) is 135 cm³/mol. The Hall–Kier alpha value is -3.15. The zero-order chi connectivity index (χ0) is 28.1. The Labute approximate surface area is 223 Å². The Morgan fingerprint density at radius 1 is 1.03 bits per heavy atom. The first-order chi connectivity index (χ1) is 18.3. The number of hydrogen-bond acceptors (Lipinski definition) is 5. The summed E-state index contributed by atoms with van der Waals surface area (Å²) in [7, 11) is -3.59. The van der Waals surface area contributed by atoms with Crippen molar-refractivity contribution in [1.82, 2.24) is 10.2 Å². The van der Waals surface area contributed by atoms with Crippen molar-refractivity contribution in [3.8, 4) is 0 Å². The van der Waals surface area contributed by atoms with Crippen molar-refractivity contribution in [1.29, 1.82) is 0 Å². The fourth-order valence-corrected chi connectivity index (χ4v) is 5.67. The first kappa shape index (κ1) is 27.4. The third-order valence-corrected chi connectivity index (χ3v) is 8.57. The molecule has 2 saturated carbocycles. The average Bonchev–Trinajstić information content (AvgIpc) is 3.80. The summed E-state index contributed by atoms with van der Waals surface area (Å²) in [5.41, 5.74) is -0.490. The minimum absolute atomic E-state index is 0.0148. The molecule has 0 radical (unpaired) electrons. The SMILES string of the molecule is CS(=O)(=O)c1ccc(NC2CC2)c(C(=O)N2CCC[C@@H]2C(=O)N[C@@H](c2ccc(C(F)(F)F)cc2F)C2CC2)c1. The summed E-state index contributed by atoms with van der Waals surface area (Å²) in [5.74, 6) is -2.18. The number of halogens is 4. The summed E-state index contributed by atoms with van der Waals surface area (Å²) in [6, 6.07) is 5.10. The predicted octanol–water partition coefficient (Wildman–Crippen LogP) is 4.69. The van der Waals surface area contributed by atoms with Gasteiger partial charge in [0.05, 0.1) is 22.1 Å². The van der Waals surface area contributed by atoms with Crippen LogP contribution in [0.15, 0.2) is 41.3 Å². The van der Waals surface area contributed by atoms with Crippen LogP contribution in [0.2, 0.25) is 0 Å². The maximum atomic E-state index is 14.8. The standard InChI is InChI=1S/C27H29F4N3O4S/c1-39(37,38)18-9-11-22(32-17-7-8-17)20(14-18)26(36)34-12-2-3-23(34)25(35)33-24(15-4-5-15)19-10-6-16(13-21(19)28)27(29,30)31/h6,9-11,13-15,17,23-24,32H,2-5,7-8,12H2,1H3,(H,33,35)/t23-,24-/m1/s1. The smallest absolute Gasteiger partial charge is 0.382 e. The fourth-order valence-electron chi connectivity index (χ4n) is 5.03. The molecule has 2 N–H and O–H groups in total. The first-order valence-electron chi connectivity index (χ1n) is 12.9. The molecule has 0 aromatic heterocycles. The van der Waals surface area contributed by atoms with Crippen LogP contribution >= 0.6 is 0 Å². The van der Waals surface area contributed by atoms with Gasteiger partial charge >= 0.3 is 6.18 Å². The van der Waals surface area contributed by atoms with Crippen LogP contribution in [0.4, 0.5) is 23.2 Å². The number of rotatable bonds is 8. The van der Waals surface area contributed by atoms with Gasteiger partial charge in [0.1, 0.15) is 11.9 Å². The Morgan fingerprint density at radius 2 is 1.74 bits per heavy atom. The summed E-state index contributed by atoms with van der Waals surface area (Å²) in [6.07, 6.45) is 0.476. The molecular weight excluding hydrogens is 538 g/mol. The molecule has 2 aromatic rings. The lowest BCUT2D eigenvalue weighted by Gasteiger charge is -2.28. The monoisotopic (exact) mass is 567 g/mol. The van der Waals surface area contributed by atoms with Crippen molar-refractivity contribution >= 4 is 27.3 Å². The summed E-state index contributed by atoms with van der Waals surface area (Å²) >= 11 is 0. The Balaban J connectivity index is 1.39. The normalized spacial score (nSPS) is 20.5. The molecule has 210 valence electrons. The Kier molecular flexibility index (Phi) is 7.11. The summed E-state index contributed by atoms with van der Waals surface area (Å²) in [6.45, 7) is 0.269. The number of nitrogens with one attached hydrogen (secondary N) is 2. The second kappa shape index (κ2) is 10.1. The van der Waals surface area contributed by atoms with Crippen molar-refractivity contribution in [2.75, 3.05) is 18.1 Å². The van der Waals surface area contributed by atoms with Crippen LogP contribution in [-0.2, 0) is 20.8 Å². The van der Waals surface area contributed by atoms with Gasteiger partial charge in [-0.1, -0.05) is 6.07 Å². The molecule has 3 fully saturated rings. The minimum atomic E-state index is -4.69. The summed E-state index contributed by atoms with van der Waals surface area (Å²) < 4.78 is 78.2. The molecule has 1 heterocycles. The minimum Gasteiger partial charge on any atom is -0.382 e. The second-order valence-electron chi connectivity index (χ2n) is 10.6. The lowest BCUT2D eigenvalue weighted by Crippen LogP contribution is -2.47. The van der Waals surface area contributed by atoms with E-state index in [-0.39, 0.29) is 34.5 Å². The first-order valence-corrected chi connectivity index (χ1v) is 14.8. The van der Waals surface area contributed by atoms with E-state index in [1.165, 1.54) is 17.0 Å². The number of alkyl halides is 3. The van der Waals surface area contributed by atoms with Gasteiger partial charge in [-0.25, -0.2) is 12.8 Å². The number of likely N-dealkylation sites (tertiary alicyclic amines) is 1.